The fourth-order valence-electron chi connectivity index (χ4n) is 2.56. The minimum atomic E-state index is -0.704. The highest BCUT2D eigenvalue weighted by Crippen LogP contribution is 2.40. The third-order valence-electron chi connectivity index (χ3n) is 4.20. The Kier molecular flexibility index (Phi) is 4.71. The Bertz CT molecular complexity index is 711. The number of carbonyl (C=O) groups excluding carboxylic acids is 1. The number of nitrogens with one attached hydrogen (secondary N) is 1. The van der Waals surface area contributed by atoms with Crippen LogP contribution in [-0.4, -0.2) is 21.8 Å². The van der Waals surface area contributed by atoms with Gasteiger partial charge in [-0.25, -0.2) is 0 Å². The number of hydrogen-bond donors (Lipinski definition) is 2. The van der Waals surface area contributed by atoms with Crippen LogP contribution in [0.1, 0.15) is 66.4 Å². The average molecular weight is 328 g/mol. The van der Waals surface area contributed by atoms with E-state index in [-0.39, 0.29) is 5.91 Å². The smallest absolute Gasteiger partial charge is 0.251 e. The molecule has 2 N–H and O–H groups in total. The zero-order valence-electron chi connectivity index (χ0n) is 14.2. The molecule has 1 heterocycles. The van der Waals surface area contributed by atoms with E-state index < -0.39 is 5.60 Å². The molecule has 1 saturated carbocycles. The van der Waals surface area contributed by atoms with Crippen molar-refractivity contribution in [1.29, 1.82) is 0 Å². The first-order valence-corrected chi connectivity index (χ1v) is 8.46. The van der Waals surface area contributed by atoms with Crippen LogP contribution >= 0.6 is 0 Å². The van der Waals surface area contributed by atoms with Crippen molar-refractivity contribution in [2.75, 3.05) is 0 Å². The van der Waals surface area contributed by atoms with Gasteiger partial charge in [0.05, 0.1) is 12.1 Å². The van der Waals surface area contributed by atoms with Gasteiger partial charge in [-0.05, 0) is 57.2 Å². The lowest BCUT2D eigenvalue weighted by Gasteiger charge is -2.16. The molecule has 0 aliphatic heterocycles. The summed E-state index contributed by atoms with van der Waals surface area (Å²) >= 11 is 0. The van der Waals surface area contributed by atoms with Crippen LogP contribution in [-0.2, 0) is 13.0 Å². The summed E-state index contributed by atoms with van der Waals surface area (Å²) in [6, 6.07) is 9.44. The Hall–Kier alpha value is -2.14. The first-order valence-electron chi connectivity index (χ1n) is 8.46. The van der Waals surface area contributed by atoms with E-state index in [1.54, 1.807) is 19.9 Å². The predicted molar refractivity (Wildman–Crippen MR) is 90.7 cm³/mol. The van der Waals surface area contributed by atoms with Gasteiger partial charge in [-0.3, -0.25) is 4.79 Å². The molecule has 24 heavy (non-hydrogen) atoms. The van der Waals surface area contributed by atoms with Crippen LogP contribution in [0.3, 0.4) is 0 Å². The number of nitrogens with zero attached hydrogens (tertiary/aromatic N) is 1. The molecule has 5 nitrogen and oxygen atoms in total. The van der Waals surface area contributed by atoms with Gasteiger partial charge >= 0.3 is 0 Å². The van der Waals surface area contributed by atoms with E-state index in [1.807, 2.05) is 24.3 Å². The monoisotopic (exact) mass is 328 g/mol. The van der Waals surface area contributed by atoms with Crippen molar-refractivity contribution in [3.8, 4) is 0 Å². The molecule has 1 aliphatic carbocycles. The second-order valence-electron chi connectivity index (χ2n) is 7.19. The zero-order chi connectivity index (χ0) is 17.2. The summed E-state index contributed by atoms with van der Waals surface area (Å²) in [5.74, 6) is 1.32. The van der Waals surface area contributed by atoms with Crippen molar-refractivity contribution in [3.05, 3.63) is 52.9 Å². The standard InChI is InChI=1S/C19H24N2O3/c1-19(2,23)9-8-13-4-3-5-15(10-13)18(22)20-12-16-11-17(24-21-16)14-6-7-14/h3-5,10-11,14,23H,6-9,12H2,1-2H3,(H,20,22). The van der Waals surface area contributed by atoms with Crippen LogP contribution in [0.5, 0.6) is 0 Å². The topological polar surface area (TPSA) is 75.4 Å². The number of hydrogen-bond acceptors (Lipinski definition) is 4. The van der Waals surface area contributed by atoms with Gasteiger partial charge in [-0.2, -0.15) is 0 Å². The highest BCUT2D eigenvalue weighted by atomic mass is 16.5. The summed E-state index contributed by atoms with van der Waals surface area (Å²) in [4.78, 5) is 12.3. The number of amides is 1. The third-order valence-corrected chi connectivity index (χ3v) is 4.20. The van der Waals surface area contributed by atoms with Crippen molar-refractivity contribution in [2.24, 2.45) is 0 Å². The van der Waals surface area contributed by atoms with Gasteiger partial charge < -0.3 is 14.9 Å². The SMILES string of the molecule is CC(C)(O)CCc1cccc(C(=O)NCc2cc(C3CC3)on2)c1. The van der Waals surface area contributed by atoms with Crippen molar-refractivity contribution in [1.82, 2.24) is 10.5 Å². The quantitative estimate of drug-likeness (QED) is 0.818. The Morgan fingerprint density at radius 3 is 2.88 bits per heavy atom. The highest BCUT2D eigenvalue weighted by molar-refractivity contribution is 5.94. The fraction of sp³-hybridized carbons (Fsp3) is 0.474. The number of rotatable bonds is 7. The van der Waals surface area contributed by atoms with E-state index in [4.69, 9.17) is 4.52 Å². The molecule has 1 aromatic heterocycles. The van der Waals surface area contributed by atoms with Crippen LogP contribution in [0.2, 0.25) is 0 Å². The highest BCUT2D eigenvalue weighted by Gasteiger charge is 2.27. The average Bonchev–Trinajstić information content (AvgIpc) is 3.29. The Labute approximate surface area is 142 Å². The molecule has 2 aromatic rings. The van der Waals surface area contributed by atoms with Crippen LogP contribution in [0.15, 0.2) is 34.9 Å². The number of carbonyl (C=O) groups is 1. The number of benzene rings is 1. The van der Waals surface area contributed by atoms with Crippen molar-refractivity contribution < 1.29 is 14.4 Å². The summed E-state index contributed by atoms with van der Waals surface area (Å²) in [6.45, 7) is 3.94. The van der Waals surface area contributed by atoms with E-state index in [2.05, 4.69) is 10.5 Å². The molecule has 0 radical (unpaired) electrons. The summed E-state index contributed by atoms with van der Waals surface area (Å²) in [7, 11) is 0. The molecule has 5 heteroatoms. The van der Waals surface area contributed by atoms with Gasteiger partial charge in [-0.15, -0.1) is 0 Å². The molecule has 0 atom stereocenters. The second-order valence-corrected chi connectivity index (χ2v) is 7.19. The van der Waals surface area contributed by atoms with Crippen molar-refractivity contribution in [2.45, 2.75) is 57.6 Å². The van der Waals surface area contributed by atoms with Crippen LogP contribution in [0.25, 0.3) is 0 Å². The lowest BCUT2D eigenvalue weighted by atomic mass is 9.98. The Morgan fingerprint density at radius 2 is 2.17 bits per heavy atom. The van der Waals surface area contributed by atoms with Crippen LogP contribution < -0.4 is 5.32 Å². The van der Waals surface area contributed by atoms with Crippen LogP contribution in [0, 0.1) is 0 Å². The lowest BCUT2D eigenvalue weighted by Crippen LogP contribution is -2.23. The third kappa shape index (κ3) is 4.68. The number of aromatic nitrogens is 1. The molecule has 1 fully saturated rings. The maximum atomic E-state index is 12.3. The zero-order valence-corrected chi connectivity index (χ0v) is 14.2. The maximum absolute atomic E-state index is 12.3. The number of aliphatic hydroxyl groups is 1. The van der Waals surface area contributed by atoms with Gasteiger partial charge in [0.1, 0.15) is 11.5 Å². The van der Waals surface area contributed by atoms with E-state index in [1.165, 1.54) is 12.8 Å². The molecule has 3 rings (SSSR count). The largest absolute Gasteiger partial charge is 0.390 e. The maximum Gasteiger partial charge on any atom is 0.251 e. The van der Waals surface area contributed by atoms with Crippen molar-refractivity contribution in [3.63, 3.8) is 0 Å². The molecule has 1 aromatic carbocycles. The molecule has 1 aliphatic rings. The summed E-state index contributed by atoms with van der Waals surface area (Å²) in [6.07, 6.45) is 3.72. The first kappa shape index (κ1) is 16.7. The van der Waals surface area contributed by atoms with Crippen molar-refractivity contribution >= 4 is 5.91 Å². The van der Waals surface area contributed by atoms with Gasteiger partial charge in [0.2, 0.25) is 0 Å². The minimum Gasteiger partial charge on any atom is -0.390 e. The molecule has 128 valence electrons. The molecule has 0 bridgehead atoms. The van der Waals surface area contributed by atoms with Gasteiger partial charge in [0, 0.05) is 17.5 Å². The molecule has 0 unspecified atom stereocenters. The van der Waals surface area contributed by atoms with Crippen LogP contribution in [0.4, 0.5) is 0 Å². The normalized spacial score (nSPS) is 14.6. The van der Waals surface area contributed by atoms with E-state index in [0.29, 0.717) is 24.4 Å². The molecule has 1 amide bonds. The molecule has 0 spiro atoms. The first-order chi connectivity index (χ1) is 11.4. The van der Waals surface area contributed by atoms with E-state index in [0.717, 1.165) is 23.4 Å². The molecular formula is C19H24N2O3. The predicted octanol–water partition coefficient (Wildman–Crippen LogP) is 3.19. The summed E-state index contributed by atoms with van der Waals surface area (Å²) in [5.41, 5.74) is 1.71. The number of aryl methyl sites for hydroxylation is 1. The van der Waals surface area contributed by atoms with Gasteiger partial charge in [0.25, 0.3) is 5.91 Å². The van der Waals surface area contributed by atoms with E-state index in [9.17, 15) is 9.90 Å². The Balaban J connectivity index is 1.55. The molecular weight excluding hydrogens is 304 g/mol. The summed E-state index contributed by atoms with van der Waals surface area (Å²) < 4.78 is 5.28. The lowest BCUT2D eigenvalue weighted by molar-refractivity contribution is 0.0714. The molecule has 0 saturated heterocycles. The Morgan fingerprint density at radius 1 is 1.38 bits per heavy atom. The fourth-order valence-corrected chi connectivity index (χ4v) is 2.56. The summed E-state index contributed by atoms with van der Waals surface area (Å²) in [5, 5.41) is 16.7. The van der Waals surface area contributed by atoms with Gasteiger partial charge in [0.15, 0.2) is 0 Å². The minimum absolute atomic E-state index is 0.129. The second kappa shape index (κ2) is 6.77. The van der Waals surface area contributed by atoms with E-state index >= 15 is 0 Å². The van der Waals surface area contributed by atoms with Gasteiger partial charge in [-0.1, -0.05) is 17.3 Å².